The molecule has 3 rings (SSSR count). The van der Waals surface area contributed by atoms with Crippen LogP contribution in [0.25, 0.3) is 21.3 Å². The van der Waals surface area contributed by atoms with Crippen LogP contribution in [0.3, 0.4) is 0 Å². The lowest BCUT2D eigenvalue weighted by Crippen LogP contribution is -2.05. The van der Waals surface area contributed by atoms with Crippen molar-refractivity contribution < 1.29 is 14.3 Å². The number of anilines is 2. The molecule has 0 saturated heterocycles. The zero-order chi connectivity index (χ0) is 19.7. The number of pyridine rings is 1. The average molecular weight is 382 g/mol. The minimum absolute atomic E-state index is 0.0453. The molecule has 0 radical (unpaired) electrons. The molecule has 27 heavy (non-hydrogen) atoms. The zero-order valence-corrected chi connectivity index (χ0v) is 15.9. The Morgan fingerprint density at radius 2 is 1.93 bits per heavy atom. The Balaban J connectivity index is 2.28. The summed E-state index contributed by atoms with van der Waals surface area (Å²) in [5, 5.41) is 10.1. The standard InChI is InChI=1S/C19H18N4O3S/c1-9(2)26-11-6-4-10(5-7-11)13-12(8-20)17(22)23-18-14(13)15(21)16(27-18)19(24)25-3/h4-7,9H,21H2,1-3H3,(H2,22,23). The van der Waals surface area contributed by atoms with Crippen LogP contribution in [0, 0.1) is 11.3 Å². The van der Waals surface area contributed by atoms with Crippen LogP contribution in [0.2, 0.25) is 0 Å². The van der Waals surface area contributed by atoms with E-state index < -0.39 is 5.97 Å². The quantitative estimate of drug-likeness (QED) is 0.661. The lowest BCUT2D eigenvalue weighted by Gasteiger charge is -2.12. The maximum absolute atomic E-state index is 12.0. The number of hydrogen-bond acceptors (Lipinski definition) is 8. The van der Waals surface area contributed by atoms with E-state index in [0.29, 0.717) is 21.5 Å². The van der Waals surface area contributed by atoms with Crippen molar-refractivity contribution in [3.8, 4) is 22.9 Å². The van der Waals surface area contributed by atoms with Crippen molar-refractivity contribution in [2.75, 3.05) is 18.6 Å². The number of benzene rings is 1. The van der Waals surface area contributed by atoms with Crippen LogP contribution in [0.5, 0.6) is 5.75 Å². The number of ether oxygens (including phenoxy) is 2. The maximum atomic E-state index is 12.0. The van der Waals surface area contributed by atoms with Gasteiger partial charge in [0.2, 0.25) is 0 Å². The molecule has 0 amide bonds. The Kier molecular flexibility index (Phi) is 4.88. The highest BCUT2D eigenvalue weighted by Crippen LogP contribution is 2.43. The highest BCUT2D eigenvalue weighted by atomic mass is 32.1. The summed E-state index contributed by atoms with van der Waals surface area (Å²) in [4.78, 5) is 17.0. The third-order valence-corrected chi connectivity index (χ3v) is 4.98. The summed E-state index contributed by atoms with van der Waals surface area (Å²) in [6.45, 7) is 3.88. The number of nitrogens with zero attached hydrogens (tertiary/aromatic N) is 2. The molecule has 7 nitrogen and oxygen atoms in total. The minimum Gasteiger partial charge on any atom is -0.491 e. The number of fused-ring (bicyclic) bond motifs is 1. The molecule has 0 fully saturated rings. The van der Waals surface area contributed by atoms with Crippen LogP contribution in [0.15, 0.2) is 24.3 Å². The lowest BCUT2D eigenvalue weighted by atomic mass is 9.97. The Morgan fingerprint density at radius 3 is 2.48 bits per heavy atom. The number of thiophene rings is 1. The van der Waals surface area contributed by atoms with Gasteiger partial charge in [0.25, 0.3) is 0 Å². The van der Waals surface area contributed by atoms with Crippen molar-refractivity contribution in [3.05, 3.63) is 34.7 Å². The summed E-state index contributed by atoms with van der Waals surface area (Å²) in [6, 6.07) is 9.35. The van der Waals surface area contributed by atoms with Gasteiger partial charge in [-0.25, -0.2) is 9.78 Å². The van der Waals surface area contributed by atoms with Gasteiger partial charge in [-0.2, -0.15) is 5.26 Å². The Bertz CT molecular complexity index is 1070. The van der Waals surface area contributed by atoms with E-state index in [2.05, 4.69) is 11.1 Å². The predicted molar refractivity (Wildman–Crippen MR) is 106 cm³/mol. The summed E-state index contributed by atoms with van der Waals surface area (Å²) < 4.78 is 10.4. The molecule has 0 bridgehead atoms. The fourth-order valence-corrected chi connectivity index (χ4v) is 3.82. The topological polar surface area (TPSA) is 124 Å². The number of methoxy groups -OCH3 is 1. The molecule has 0 aliphatic carbocycles. The van der Waals surface area contributed by atoms with Crippen LogP contribution in [-0.4, -0.2) is 24.2 Å². The van der Waals surface area contributed by atoms with E-state index in [-0.39, 0.29) is 28.0 Å². The second kappa shape index (κ2) is 7.13. The molecule has 138 valence electrons. The number of esters is 1. The second-order valence-corrected chi connectivity index (χ2v) is 7.07. The smallest absolute Gasteiger partial charge is 0.350 e. The van der Waals surface area contributed by atoms with Crippen LogP contribution in [-0.2, 0) is 4.74 Å². The first kappa shape index (κ1) is 18.5. The van der Waals surface area contributed by atoms with Gasteiger partial charge in [-0.15, -0.1) is 11.3 Å². The summed E-state index contributed by atoms with van der Waals surface area (Å²) in [6.07, 6.45) is 0.0453. The van der Waals surface area contributed by atoms with Gasteiger partial charge in [0.05, 0.1) is 18.9 Å². The van der Waals surface area contributed by atoms with E-state index in [4.69, 9.17) is 20.9 Å². The van der Waals surface area contributed by atoms with Crippen LogP contribution in [0.4, 0.5) is 11.5 Å². The van der Waals surface area contributed by atoms with E-state index >= 15 is 0 Å². The number of nitrogens with two attached hydrogens (primary N) is 2. The lowest BCUT2D eigenvalue weighted by molar-refractivity contribution is 0.0607. The average Bonchev–Trinajstić information content (AvgIpc) is 2.96. The predicted octanol–water partition coefficient (Wildman–Crippen LogP) is 3.57. The summed E-state index contributed by atoms with van der Waals surface area (Å²) in [7, 11) is 1.28. The number of nitrogen functional groups attached to an aromatic ring is 2. The van der Waals surface area contributed by atoms with E-state index in [9.17, 15) is 10.1 Å². The monoisotopic (exact) mass is 382 g/mol. The summed E-state index contributed by atoms with van der Waals surface area (Å²) in [5.41, 5.74) is 13.9. The van der Waals surface area contributed by atoms with Crippen molar-refractivity contribution in [2.24, 2.45) is 0 Å². The molecular weight excluding hydrogens is 364 g/mol. The number of nitriles is 1. The molecule has 4 N–H and O–H groups in total. The van der Waals surface area contributed by atoms with Crippen molar-refractivity contribution in [1.29, 1.82) is 5.26 Å². The van der Waals surface area contributed by atoms with Crippen molar-refractivity contribution in [2.45, 2.75) is 20.0 Å². The van der Waals surface area contributed by atoms with Gasteiger partial charge in [0.15, 0.2) is 0 Å². The second-order valence-electron chi connectivity index (χ2n) is 6.07. The first-order valence-electron chi connectivity index (χ1n) is 8.14. The van der Waals surface area contributed by atoms with Gasteiger partial charge in [-0.1, -0.05) is 12.1 Å². The van der Waals surface area contributed by atoms with E-state index in [1.807, 2.05) is 38.1 Å². The maximum Gasteiger partial charge on any atom is 0.350 e. The van der Waals surface area contributed by atoms with E-state index in [1.165, 1.54) is 7.11 Å². The molecule has 2 heterocycles. The first-order chi connectivity index (χ1) is 12.9. The van der Waals surface area contributed by atoms with Crippen molar-refractivity contribution >= 4 is 39.0 Å². The first-order valence-corrected chi connectivity index (χ1v) is 8.96. The fraction of sp³-hybridized carbons (Fsp3) is 0.211. The third-order valence-electron chi connectivity index (χ3n) is 3.90. The van der Waals surface area contributed by atoms with Gasteiger partial charge in [0.1, 0.15) is 32.9 Å². The van der Waals surface area contributed by atoms with Gasteiger partial charge in [0, 0.05) is 10.9 Å². The molecule has 0 aliphatic rings. The zero-order valence-electron chi connectivity index (χ0n) is 15.1. The molecule has 0 atom stereocenters. The molecule has 0 unspecified atom stereocenters. The normalized spacial score (nSPS) is 10.8. The molecule has 0 spiro atoms. The van der Waals surface area contributed by atoms with Gasteiger partial charge >= 0.3 is 5.97 Å². The number of rotatable bonds is 4. The largest absolute Gasteiger partial charge is 0.491 e. The minimum atomic E-state index is -0.556. The van der Waals surface area contributed by atoms with Crippen LogP contribution < -0.4 is 16.2 Å². The van der Waals surface area contributed by atoms with E-state index in [1.54, 1.807) is 0 Å². The van der Waals surface area contributed by atoms with E-state index in [0.717, 1.165) is 16.9 Å². The van der Waals surface area contributed by atoms with Crippen molar-refractivity contribution in [1.82, 2.24) is 4.98 Å². The SMILES string of the molecule is COC(=O)c1sc2nc(N)c(C#N)c(-c3ccc(OC(C)C)cc3)c2c1N. The number of carbonyl (C=O) groups is 1. The highest BCUT2D eigenvalue weighted by Gasteiger charge is 2.24. The highest BCUT2D eigenvalue weighted by molar-refractivity contribution is 7.21. The van der Waals surface area contributed by atoms with Crippen LogP contribution >= 0.6 is 11.3 Å². The number of hydrogen-bond donors (Lipinski definition) is 2. The molecule has 2 aromatic heterocycles. The number of aromatic nitrogens is 1. The molecule has 0 saturated carbocycles. The third kappa shape index (κ3) is 3.25. The molecule has 3 aromatic rings. The van der Waals surface area contributed by atoms with Gasteiger partial charge in [-0.05, 0) is 31.5 Å². The molecular formula is C19H18N4O3S. The fourth-order valence-electron chi connectivity index (χ4n) is 2.79. The molecule has 0 aliphatic heterocycles. The van der Waals surface area contributed by atoms with Gasteiger partial charge in [-0.3, -0.25) is 0 Å². The Hall–Kier alpha value is -3.31. The molecule has 8 heteroatoms. The number of carbonyl (C=O) groups excluding carboxylic acids is 1. The molecule has 1 aromatic carbocycles. The summed E-state index contributed by atoms with van der Waals surface area (Å²) in [5.74, 6) is 0.235. The van der Waals surface area contributed by atoms with Crippen LogP contribution in [0.1, 0.15) is 29.1 Å². The Morgan fingerprint density at radius 1 is 1.26 bits per heavy atom. The Labute approximate surface area is 160 Å². The summed E-state index contributed by atoms with van der Waals surface area (Å²) >= 11 is 1.09. The van der Waals surface area contributed by atoms with Gasteiger partial charge < -0.3 is 20.9 Å². The van der Waals surface area contributed by atoms with Crippen molar-refractivity contribution in [3.63, 3.8) is 0 Å².